The van der Waals surface area contributed by atoms with E-state index in [2.05, 4.69) is 62.0 Å². The number of fused-ring (bicyclic) bond motifs is 3. The van der Waals surface area contributed by atoms with E-state index in [9.17, 15) is 0 Å². The molecular weight excluding hydrogens is 228 g/mol. The highest BCUT2D eigenvalue weighted by Crippen LogP contribution is 2.31. The molecule has 0 aliphatic heterocycles. The Bertz CT molecular complexity index is 721. The van der Waals surface area contributed by atoms with Gasteiger partial charge in [0.05, 0.1) is 0 Å². The molecule has 0 aromatic heterocycles. The van der Waals surface area contributed by atoms with E-state index >= 15 is 0 Å². The van der Waals surface area contributed by atoms with Crippen molar-refractivity contribution in [2.75, 3.05) is 0 Å². The van der Waals surface area contributed by atoms with Crippen LogP contribution in [-0.2, 0) is 0 Å². The van der Waals surface area contributed by atoms with Gasteiger partial charge in [0.2, 0.25) is 0 Å². The molecule has 0 aliphatic carbocycles. The minimum Gasteiger partial charge on any atom is -0.0984 e. The fraction of sp³-hybridized carbons (Fsp3) is 0.158. The molecular formula is C19H20. The van der Waals surface area contributed by atoms with Gasteiger partial charge in [-0.15, -0.1) is 0 Å². The van der Waals surface area contributed by atoms with E-state index in [4.69, 9.17) is 0 Å². The lowest BCUT2D eigenvalue weighted by Crippen LogP contribution is -1.84. The topological polar surface area (TPSA) is 0 Å². The molecule has 3 aromatic rings. The molecule has 0 amide bonds. The molecule has 0 atom stereocenters. The van der Waals surface area contributed by atoms with Gasteiger partial charge in [0, 0.05) is 0 Å². The Morgan fingerprint density at radius 1 is 0.789 bits per heavy atom. The zero-order valence-corrected chi connectivity index (χ0v) is 11.9. The summed E-state index contributed by atoms with van der Waals surface area (Å²) in [6.07, 6.45) is 1.94. The van der Waals surface area contributed by atoms with Crippen LogP contribution in [0.5, 0.6) is 0 Å². The first kappa shape index (κ1) is 13.4. The Hall–Kier alpha value is -2.08. The smallest absolute Gasteiger partial charge is 0.00304 e. The summed E-state index contributed by atoms with van der Waals surface area (Å²) < 4.78 is 0. The van der Waals surface area contributed by atoms with Crippen molar-refractivity contribution in [1.29, 1.82) is 0 Å². The Morgan fingerprint density at radius 2 is 1.37 bits per heavy atom. The predicted octanol–water partition coefficient (Wildman–Crippen LogP) is 5.97. The molecule has 0 unspecified atom stereocenters. The first-order valence-electron chi connectivity index (χ1n) is 6.85. The van der Waals surface area contributed by atoms with E-state index in [0.717, 1.165) is 0 Å². The van der Waals surface area contributed by atoms with Gasteiger partial charge >= 0.3 is 0 Å². The lowest BCUT2D eigenvalue weighted by Gasteiger charge is -2.09. The van der Waals surface area contributed by atoms with E-state index in [-0.39, 0.29) is 0 Å². The number of hydrogen-bond acceptors (Lipinski definition) is 0. The van der Waals surface area contributed by atoms with Gasteiger partial charge in [-0.3, -0.25) is 0 Å². The van der Waals surface area contributed by atoms with E-state index in [1.807, 2.05) is 19.9 Å². The van der Waals surface area contributed by atoms with Crippen molar-refractivity contribution in [2.45, 2.75) is 20.8 Å². The van der Waals surface area contributed by atoms with Crippen LogP contribution in [0.1, 0.15) is 25.0 Å². The standard InChI is InChI=1S/C17H14.C2H6/c1-3-13-7-5-9-15-11-10-14-8-4-6-12(2)16(14)17(13)15;1-2/h3-11H,1H2,2H3;1-2H3. The van der Waals surface area contributed by atoms with Crippen molar-refractivity contribution in [3.8, 4) is 0 Å². The maximum atomic E-state index is 3.92. The van der Waals surface area contributed by atoms with Crippen molar-refractivity contribution in [2.24, 2.45) is 0 Å². The predicted molar refractivity (Wildman–Crippen MR) is 87.6 cm³/mol. The zero-order valence-electron chi connectivity index (χ0n) is 11.9. The van der Waals surface area contributed by atoms with Crippen LogP contribution >= 0.6 is 0 Å². The first-order chi connectivity index (χ1) is 9.31. The minimum absolute atomic E-state index is 1.21. The summed E-state index contributed by atoms with van der Waals surface area (Å²) in [6.45, 7) is 10.1. The summed E-state index contributed by atoms with van der Waals surface area (Å²) >= 11 is 0. The van der Waals surface area contributed by atoms with Crippen LogP contribution in [0.3, 0.4) is 0 Å². The molecule has 0 nitrogen and oxygen atoms in total. The summed E-state index contributed by atoms with van der Waals surface area (Å²) in [7, 11) is 0. The molecule has 0 fully saturated rings. The second kappa shape index (κ2) is 5.71. The molecule has 0 aliphatic rings. The molecule has 0 heterocycles. The number of benzene rings is 3. The first-order valence-corrected chi connectivity index (χ1v) is 6.85. The van der Waals surface area contributed by atoms with E-state index < -0.39 is 0 Å². The maximum Gasteiger partial charge on any atom is -0.00304 e. The van der Waals surface area contributed by atoms with Gasteiger partial charge < -0.3 is 0 Å². The molecule has 0 saturated carbocycles. The zero-order chi connectivity index (χ0) is 13.8. The summed E-state index contributed by atoms with van der Waals surface area (Å²) in [5.74, 6) is 0. The highest BCUT2D eigenvalue weighted by Gasteiger charge is 2.05. The largest absolute Gasteiger partial charge is 0.0984 e. The molecule has 19 heavy (non-hydrogen) atoms. The lowest BCUT2D eigenvalue weighted by molar-refractivity contribution is 1.50. The van der Waals surface area contributed by atoms with Gasteiger partial charge in [-0.2, -0.15) is 0 Å². The van der Waals surface area contributed by atoms with Gasteiger partial charge in [0.25, 0.3) is 0 Å². The summed E-state index contributed by atoms with van der Waals surface area (Å²) in [5.41, 5.74) is 2.53. The Balaban J connectivity index is 0.000000637. The Labute approximate surface area is 115 Å². The third-order valence-electron chi connectivity index (χ3n) is 3.35. The quantitative estimate of drug-likeness (QED) is 0.465. The summed E-state index contributed by atoms with van der Waals surface area (Å²) in [5, 5.41) is 5.25. The van der Waals surface area contributed by atoms with Crippen LogP contribution < -0.4 is 0 Å². The minimum atomic E-state index is 1.21. The van der Waals surface area contributed by atoms with E-state index in [1.54, 1.807) is 0 Å². The third kappa shape index (κ3) is 2.26. The van der Waals surface area contributed by atoms with Gasteiger partial charge in [0.1, 0.15) is 0 Å². The van der Waals surface area contributed by atoms with E-state index in [0.29, 0.717) is 0 Å². The van der Waals surface area contributed by atoms with Crippen molar-refractivity contribution >= 4 is 27.6 Å². The fourth-order valence-corrected chi connectivity index (χ4v) is 2.54. The van der Waals surface area contributed by atoms with Crippen LogP contribution in [0.4, 0.5) is 0 Å². The average Bonchev–Trinajstić information content (AvgIpc) is 2.48. The van der Waals surface area contributed by atoms with Crippen molar-refractivity contribution in [1.82, 2.24) is 0 Å². The molecule has 0 saturated heterocycles. The molecule has 0 bridgehead atoms. The number of rotatable bonds is 1. The Kier molecular flexibility index (Phi) is 4.01. The van der Waals surface area contributed by atoms with E-state index in [1.165, 1.54) is 32.7 Å². The molecule has 3 aromatic carbocycles. The SMILES string of the molecule is C=Cc1cccc2ccc3cccc(C)c3c12.CC. The molecule has 0 heteroatoms. The molecule has 0 spiro atoms. The van der Waals surface area contributed by atoms with Gasteiger partial charge in [-0.05, 0) is 39.6 Å². The van der Waals surface area contributed by atoms with Crippen LogP contribution in [0.2, 0.25) is 0 Å². The Morgan fingerprint density at radius 3 is 2.00 bits per heavy atom. The third-order valence-corrected chi connectivity index (χ3v) is 3.35. The van der Waals surface area contributed by atoms with Crippen molar-refractivity contribution in [3.05, 3.63) is 66.2 Å². The van der Waals surface area contributed by atoms with Crippen LogP contribution in [-0.4, -0.2) is 0 Å². The van der Waals surface area contributed by atoms with Crippen LogP contribution in [0.25, 0.3) is 27.6 Å². The molecule has 3 rings (SSSR count). The fourth-order valence-electron chi connectivity index (χ4n) is 2.54. The number of aryl methyl sites for hydroxylation is 1. The highest BCUT2D eigenvalue weighted by molar-refractivity contribution is 6.12. The molecule has 96 valence electrons. The van der Waals surface area contributed by atoms with Gasteiger partial charge in [-0.25, -0.2) is 0 Å². The van der Waals surface area contributed by atoms with Crippen molar-refractivity contribution in [3.63, 3.8) is 0 Å². The monoisotopic (exact) mass is 248 g/mol. The van der Waals surface area contributed by atoms with Gasteiger partial charge in [0.15, 0.2) is 0 Å². The molecule has 0 N–H and O–H groups in total. The number of hydrogen-bond donors (Lipinski definition) is 0. The normalized spacial score (nSPS) is 10.1. The van der Waals surface area contributed by atoms with Crippen LogP contribution in [0.15, 0.2) is 55.1 Å². The average molecular weight is 248 g/mol. The maximum absolute atomic E-state index is 3.92. The van der Waals surface area contributed by atoms with Gasteiger partial charge in [-0.1, -0.05) is 75.0 Å². The lowest BCUT2D eigenvalue weighted by atomic mass is 9.95. The van der Waals surface area contributed by atoms with Crippen molar-refractivity contribution < 1.29 is 0 Å². The highest BCUT2D eigenvalue weighted by atomic mass is 14.1. The second-order valence-electron chi connectivity index (χ2n) is 4.39. The second-order valence-corrected chi connectivity index (χ2v) is 4.39. The van der Waals surface area contributed by atoms with Crippen LogP contribution in [0, 0.1) is 6.92 Å². The summed E-state index contributed by atoms with van der Waals surface area (Å²) in [4.78, 5) is 0. The molecule has 0 radical (unpaired) electrons. The summed E-state index contributed by atoms with van der Waals surface area (Å²) in [6, 6.07) is 17.2.